The Labute approximate surface area is 182 Å². The van der Waals surface area contributed by atoms with Gasteiger partial charge >= 0.3 is 0 Å². The SMILES string of the molecule is C=CCOc1cccc(NC(=O)[C@@H]2CCCN(S(=O)(=O)Cc3ccc(Cl)cc3)C2)c1. The van der Waals surface area contributed by atoms with Gasteiger partial charge in [0.05, 0.1) is 11.7 Å². The molecule has 0 bridgehead atoms. The molecule has 0 aliphatic carbocycles. The number of carbonyl (C=O) groups excluding carboxylic acids is 1. The molecule has 1 N–H and O–H groups in total. The van der Waals surface area contributed by atoms with E-state index in [1.165, 1.54) is 4.31 Å². The molecule has 6 nitrogen and oxygen atoms in total. The first-order valence-electron chi connectivity index (χ1n) is 9.74. The first-order valence-corrected chi connectivity index (χ1v) is 11.7. The number of benzene rings is 2. The van der Waals surface area contributed by atoms with Crippen molar-refractivity contribution in [1.29, 1.82) is 0 Å². The average Bonchev–Trinajstić information content (AvgIpc) is 2.74. The van der Waals surface area contributed by atoms with Crippen molar-refractivity contribution >= 4 is 33.2 Å². The summed E-state index contributed by atoms with van der Waals surface area (Å²) in [6.45, 7) is 4.58. The summed E-state index contributed by atoms with van der Waals surface area (Å²) in [4.78, 5) is 12.8. The lowest BCUT2D eigenvalue weighted by atomic mass is 9.98. The molecule has 1 aliphatic heterocycles. The number of hydrogen-bond acceptors (Lipinski definition) is 4. The summed E-state index contributed by atoms with van der Waals surface area (Å²) in [6.07, 6.45) is 2.93. The monoisotopic (exact) mass is 448 g/mol. The van der Waals surface area contributed by atoms with Crippen LogP contribution in [-0.4, -0.2) is 38.3 Å². The van der Waals surface area contributed by atoms with Gasteiger partial charge in [-0.15, -0.1) is 0 Å². The second-order valence-electron chi connectivity index (χ2n) is 7.20. The van der Waals surface area contributed by atoms with Crippen LogP contribution in [0.25, 0.3) is 0 Å². The molecule has 1 amide bonds. The fourth-order valence-electron chi connectivity index (χ4n) is 3.35. The van der Waals surface area contributed by atoms with Crippen LogP contribution >= 0.6 is 11.6 Å². The summed E-state index contributed by atoms with van der Waals surface area (Å²) in [7, 11) is -3.52. The van der Waals surface area contributed by atoms with Crippen LogP contribution in [0.4, 0.5) is 5.69 Å². The Hall–Kier alpha value is -2.35. The number of halogens is 1. The van der Waals surface area contributed by atoms with Crippen LogP contribution in [0.5, 0.6) is 5.75 Å². The zero-order chi connectivity index (χ0) is 21.6. The Morgan fingerprint density at radius 1 is 1.27 bits per heavy atom. The Kier molecular flexibility index (Phi) is 7.53. The molecule has 2 aromatic carbocycles. The summed E-state index contributed by atoms with van der Waals surface area (Å²) < 4.78 is 32.6. The topological polar surface area (TPSA) is 75.7 Å². The molecular formula is C22H25ClN2O4S. The van der Waals surface area contributed by atoms with Crippen LogP contribution in [0.15, 0.2) is 61.2 Å². The smallest absolute Gasteiger partial charge is 0.228 e. The second kappa shape index (κ2) is 10.1. The molecule has 0 spiro atoms. The van der Waals surface area contributed by atoms with Crippen molar-refractivity contribution in [3.8, 4) is 5.75 Å². The summed E-state index contributed by atoms with van der Waals surface area (Å²) in [5.74, 6) is -0.0800. The van der Waals surface area contributed by atoms with Gasteiger partial charge in [-0.1, -0.05) is 42.5 Å². The van der Waals surface area contributed by atoms with Gasteiger partial charge in [-0.2, -0.15) is 0 Å². The normalized spacial score (nSPS) is 17.3. The van der Waals surface area contributed by atoms with Crippen molar-refractivity contribution in [2.75, 3.05) is 25.0 Å². The van der Waals surface area contributed by atoms with Gasteiger partial charge in [-0.25, -0.2) is 12.7 Å². The van der Waals surface area contributed by atoms with Gasteiger partial charge < -0.3 is 10.1 Å². The molecule has 0 unspecified atom stereocenters. The fraction of sp³-hybridized carbons (Fsp3) is 0.318. The van der Waals surface area contributed by atoms with E-state index < -0.39 is 15.9 Å². The third-order valence-electron chi connectivity index (χ3n) is 4.88. The van der Waals surface area contributed by atoms with Crippen molar-refractivity contribution in [1.82, 2.24) is 4.31 Å². The summed E-state index contributed by atoms with van der Waals surface area (Å²) in [6, 6.07) is 13.8. The van der Waals surface area contributed by atoms with Gasteiger partial charge in [-0.05, 0) is 42.7 Å². The number of carbonyl (C=O) groups is 1. The Balaban J connectivity index is 1.63. The van der Waals surface area contributed by atoms with E-state index in [9.17, 15) is 13.2 Å². The molecule has 0 saturated carbocycles. The molecule has 1 aliphatic rings. The van der Waals surface area contributed by atoms with E-state index in [4.69, 9.17) is 16.3 Å². The van der Waals surface area contributed by atoms with Gasteiger partial charge in [0.2, 0.25) is 15.9 Å². The predicted molar refractivity (Wildman–Crippen MR) is 119 cm³/mol. The highest BCUT2D eigenvalue weighted by molar-refractivity contribution is 7.88. The maximum atomic E-state index is 12.8. The van der Waals surface area contributed by atoms with E-state index in [2.05, 4.69) is 11.9 Å². The molecule has 0 radical (unpaired) electrons. The molecule has 1 atom stereocenters. The van der Waals surface area contributed by atoms with Gasteiger partial charge in [-0.3, -0.25) is 4.79 Å². The molecule has 8 heteroatoms. The average molecular weight is 449 g/mol. The molecule has 1 saturated heterocycles. The first-order chi connectivity index (χ1) is 14.4. The summed E-state index contributed by atoms with van der Waals surface area (Å²) >= 11 is 5.87. The standard InChI is InChI=1S/C22H25ClN2O4S/c1-2-13-29-21-7-3-6-20(14-21)24-22(26)18-5-4-12-25(15-18)30(27,28)16-17-8-10-19(23)11-9-17/h2-3,6-11,14,18H,1,4-5,12-13,15-16H2,(H,24,26)/t18-/m1/s1. The minimum absolute atomic E-state index is 0.110. The van der Waals surface area contributed by atoms with Gasteiger partial charge in [0, 0.05) is 29.9 Å². The third kappa shape index (κ3) is 6.08. The minimum Gasteiger partial charge on any atom is -0.489 e. The van der Waals surface area contributed by atoms with E-state index >= 15 is 0 Å². The number of nitrogens with one attached hydrogen (secondary N) is 1. The lowest BCUT2D eigenvalue weighted by Gasteiger charge is -2.31. The quantitative estimate of drug-likeness (QED) is 0.617. The van der Waals surface area contributed by atoms with Crippen molar-refractivity contribution in [2.45, 2.75) is 18.6 Å². The van der Waals surface area contributed by atoms with Crippen molar-refractivity contribution in [3.05, 3.63) is 71.8 Å². The van der Waals surface area contributed by atoms with Crippen molar-refractivity contribution < 1.29 is 17.9 Å². The number of anilines is 1. The van der Waals surface area contributed by atoms with Gasteiger partial charge in [0.15, 0.2) is 0 Å². The van der Waals surface area contributed by atoms with Crippen LogP contribution in [0.2, 0.25) is 5.02 Å². The number of amides is 1. The molecule has 160 valence electrons. The van der Waals surface area contributed by atoms with Gasteiger partial charge in [0.25, 0.3) is 0 Å². The molecule has 30 heavy (non-hydrogen) atoms. The van der Waals surface area contributed by atoms with Crippen molar-refractivity contribution in [3.63, 3.8) is 0 Å². The Bertz CT molecular complexity index is 992. The Morgan fingerprint density at radius 3 is 2.77 bits per heavy atom. The molecule has 1 fully saturated rings. The summed E-state index contributed by atoms with van der Waals surface area (Å²) in [5, 5.41) is 3.44. The van der Waals surface area contributed by atoms with Crippen LogP contribution in [-0.2, 0) is 20.6 Å². The van der Waals surface area contributed by atoms with E-state index in [-0.39, 0.29) is 18.2 Å². The number of rotatable bonds is 8. The van der Waals surface area contributed by atoms with E-state index in [0.29, 0.717) is 48.0 Å². The maximum absolute atomic E-state index is 12.8. The maximum Gasteiger partial charge on any atom is 0.228 e. The van der Waals surface area contributed by atoms with Gasteiger partial charge in [0.1, 0.15) is 12.4 Å². The third-order valence-corrected chi connectivity index (χ3v) is 6.95. The highest BCUT2D eigenvalue weighted by Gasteiger charge is 2.32. The lowest BCUT2D eigenvalue weighted by Crippen LogP contribution is -2.44. The minimum atomic E-state index is -3.52. The molecule has 3 rings (SSSR count). The number of nitrogens with zero attached hydrogens (tertiary/aromatic N) is 1. The zero-order valence-corrected chi connectivity index (χ0v) is 18.2. The van der Waals surface area contributed by atoms with E-state index in [1.807, 2.05) is 0 Å². The predicted octanol–water partition coefficient (Wildman–Crippen LogP) is 4.09. The summed E-state index contributed by atoms with van der Waals surface area (Å²) in [5.41, 5.74) is 1.28. The van der Waals surface area contributed by atoms with Crippen LogP contribution < -0.4 is 10.1 Å². The highest BCUT2D eigenvalue weighted by Crippen LogP contribution is 2.24. The zero-order valence-electron chi connectivity index (χ0n) is 16.6. The number of hydrogen-bond donors (Lipinski definition) is 1. The molecule has 0 aromatic heterocycles. The largest absolute Gasteiger partial charge is 0.489 e. The van der Waals surface area contributed by atoms with E-state index in [0.717, 1.165) is 0 Å². The van der Waals surface area contributed by atoms with Crippen LogP contribution in [0.1, 0.15) is 18.4 Å². The number of ether oxygens (including phenoxy) is 1. The molecule has 1 heterocycles. The molecular weight excluding hydrogens is 424 g/mol. The Morgan fingerprint density at radius 2 is 2.03 bits per heavy atom. The van der Waals surface area contributed by atoms with Crippen LogP contribution in [0, 0.1) is 5.92 Å². The van der Waals surface area contributed by atoms with Crippen LogP contribution in [0.3, 0.4) is 0 Å². The van der Waals surface area contributed by atoms with Crippen molar-refractivity contribution in [2.24, 2.45) is 5.92 Å². The van der Waals surface area contributed by atoms with E-state index in [1.54, 1.807) is 54.6 Å². The lowest BCUT2D eigenvalue weighted by molar-refractivity contribution is -0.120. The number of sulfonamides is 1. The fourth-order valence-corrected chi connectivity index (χ4v) is 5.09. The second-order valence-corrected chi connectivity index (χ2v) is 9.60. The number of piperidine rings is 1. The first kappa shape index (κ1) is 22.3. The molecule has 2 aromatic rings. The highest BCUT2D eigenvalue weighted by atomic mass is 35.5.